The Balaban J connectivity index is 1.52. The van der Waals surface area contributed by atoms with Gasteiger partial charge in [-0.25, -0.2) is 4.98 Å². The summed E-state index contributed by atoms with van der Waals surface area (Å²) in [7, 11) is 0. The molecule has 1 atom stereocenters. The van der Waals surface area contributed by atoms with Crippen molar-refractivity contribution < 1.29 is 4.79 Å². The number of nitrogens with zero attached hydrogens (tertiary/aromatic N) is 3. The van der Waals surface area contributed by atoms with Crippen LogP contribution >= 0.6 is 0 Å². The third kappa shape index (κ3) is 2.80. The number of hydrogen-bond donors (Lipinski definition) is 1. The van der Waals surface area contributed by atoms with Gasteiger partial charge in [-0.05, 0) is 50.3 Å². The molecule has 2 saturated heterocycles. The molecule has 1 unspecified atom stereocenters. The fourth-order valence-corrected chi connectivity index (χ4v) is 3.83. The summed E-state index contributed by atoms with van der Waals surface area (Å²) >= 11 is 0. The number of aromatic nitrogens is 2. The van der Waals surface area contributed by atoms with Crippen LogP contribution in [0, 0.1) is 12.8 Å². The van der Waals surface area contributed by atoms with E-state index < -0.39 is 0 Å². The first-order chi connectivity index (χ1) is 11.2. The molecule has 2 aromatic rings. The Morgan fingerprint density at radius 2 is 2.04 bits per heavy atom. The van der Waals surface area contributed by atoms with Crippen LogP contribution in [0.4, 0.5) is 5.95 Å². The summed E-state index contributed by atoms with van der Waals surface area (Å²) < 4.78 is 0. The Hall–Kier alpha value is -2.04. The zero-order chi connectivity index (χ0) is 15.8. The third-order valence-corrected chi connectivity index (χ3v) is 5.11. The highest BCUT2D eigenvalue weighted by Crippen LogP contribution is 2.26. The molecule has 1 aromatic carbocycles. The summed E-state index contributed by atoms with van der Waals surface area (Å²) in [6, 6.07) is 6.27. The number of H-pyrrole nitrogens is 1. The van der Waals surface area contributed by atoms with Crippen molar-refractivity contribution in [2.45, 2.75) is 32.6 Å². The summed E-state index contributed by atoms with van der Waals surface area (Å²) in [4.78, 5) is 25.1. The second-order valence-electron chi connectivity index (χ2n) is 6.90. The van der Waals surface area contributed by atoms with Crippen molar-refractivity contribution in [1.82, 2.24) is 14.9 Å². The summed E-state index contributed by atoms with van der Waals surface area (Å²) in [5.74, 6) is 1.38. The number of aryl methyl sites for hydroxylation is 1. The fourth-order valence-electron chi connectivity index (χ4n) is 3.83. The van der Waals surface area contributed by atoms with Crippen molar-refractivity contribution in [3.05, 3.63) is 23.8 Å². The van der Waals surface area contributed by atoms with Gasteiger partial charge in [0.2, 0.25) is 11.9 Å². The molecule has 1 N–H and O–H groups in total. The Kier molecular flexibility index (Phi) is 3.71. The van der Waals surface area contributed by atoms with E-state index in [1.165, 1.54) is 5.56 Å². The van der Waals surface area contributed by atoms with Gasteiger partial charge in [0.1, 0.15) is 0 Å². The average Bonchev–Trinajstić information content (AvgIpc) is 3.23. The Labute approximate surface area is 136 Å². The van der Waals surface area contributed by atoms with Crippen molar-refractivity contribution in [1.29, 1.82) is 0 Å². The van der Waals surface area contributed by atoms with Crippen LogP contribution in [0.1, 0.15) is 31.2 Å². The first-order valence-corrected chi connectivity index (χ1v) is 8.71. The molecule has 23 heavy (non-hydrogen) atoms. The number of benzene rings is 1. The zero-order valence-electron chi connectivity index (χ0n) is 13.7. The smallest absolute Gasteiger partial charge is 0.227 e. The lowest BCUT2D eigenvalue weighted by Crippen LogP contribution is -2.44. The van der Waals surface area contributed by atoms with Crippen molar-refractivity contribution in [2.75, 3.05) is 31.1 Å². The predicted molar refractivity (Wildman–Crippen MR) is 91.6 cm³/mol. The van der Waals surface area contributed by atoms with Gasteiger partial charge in [0.25, 0.3) is 0 Å². The standard InChI is InChI=1S/C18H24N4O/c1-13-6-7-15-16(11-13)20-18(19-15)22-10-4-5-14(12-22)17(23)21-8-2-3-9-21/h6-7,11,14H,2-5,8-10,12H2,1H3,(H,19,20). The molecule has 0 aliphatic carbocycles. The summed E-state index contributed by atoms with van der Waals surface area (Å²) in [6.45, 7) is 5.74. The zero-order valence-corrected chi connectivity index (χ0v) is 13.7. The number of piperidine rings is 1. The molecule has 3 heterocycles. The second-order valence-corrected chi connectivity index (χ2v) is 6.90. The van der Waals surface area contributed by atoms with Crippen molar-refractivity contribution >= 4 is 22.9 Å². The maximum absolute atomic E-state index is 12.7. The molecule has 2 fully saturated rings. The van der Waals surface area contributed by atoms with Gasteiger partial charge in [0.15, 0.2) is 0 Å². The molecule has 0 spiro atoms. The quantitative estimate of drug-likeness (QED) is 0.927. The average molecular weight is 312 g/mol. The number of aromatic amines is 1. The number of fused-ring (bicyclic) bond motifs is 1. The minimum atomic E-state index is 0.122. The highest BCUT2D eigenvalue weighted by Gasteiger charge is 2.31. The van der Waals surface area contributed by atoms with E-state index in [2.05, 4.69) is 39.9 Å². The molecule has 2 aliphatic rings. The van der Waals surface area contributed by atoms with Crippen LogP contribution in [0.25, 0.3) is 11.0 Å². The third-order valence-electron chi connectivity index (χ3n) is 5.11. The van der Waals surface area contributed by atoms with E-state index in [0.29, 0.717) is 5.91 Å². The SMILES string of the molecule is Cc1ccc2nc(N3CCCC(C(=O)N4CCCC4)C3)[nH]c2c1. The van der Waals surface area contributed by atoms with Crippen LogP contribution in [0.3, 0.4) is 0 Å². The van der Waals surface area contributed by atoms with Gasteiger partial charge in [0, 0.05) is 26.2 Å². The molecule has 122 valence electrons. The van der Waals surface area contributed by atoms with E-state index >= 15 is 0 Å². The molecule has 5 nitrogen and oxygen atoms in total. The number of likely N-dealkylation sites (tertiary alicyclic amines) is 1. The topological polar surface area (TPSA) is 52.2 Å². The molecule has 0 bridgehead atoms. The van der Waals surface area contributed by atoms with Gasteiger partial charge in [-0.15, -0.1) is 0 Å². The van der Waals surface area contributed by atoms with Gasteiger partial charge < -0.3 is 14.8 Å². The normalized spacial score (nSPS) is 22.0. The number of amides is 1. The number of hydrogen-bond acceptors (Lipinski definition) is 3. The summed E-state index contributed by atoms with van der Waals surface area (Å²) in [6.07, 6.45) is 4.38. The van der Waals surface area contributed by atoms with E-state index in [1.54, 1.807) is 0 Å². The van der Waals surface area contributed by atoms with Crippen LogP contribution in [0.2, 0.25) is 0 Å². The largest absolute Gasteiger partial charge is 0.342 e. The molecule has 2 aliphatic heterocycles. The summed E-state index contributed by atoms with van der Waals surface area (Å²) in [5.41, 5.74) is 3.31. The van der Waals surface area contributed by atoms with Gasteiger partial charge in [-0.1, -0.05) is 6.07 Å². The maximum Gasteiger partial charge on any atom is 0.227 e. The molecular weight excluding hydrogens is 288 g/mol. The summed E-state index contributed by atoms with van der Waals surface area (Å²) in [5, 5.41) is 0. The number of rotatable bonds is 2. The van der Waals surface area contributed by atoms with E-state index in [-0.39, 0.29) is 5.92 Å². The van der Waals surface area contributed by atoms with Gasteiger partial charge in [0.05, 0.1) is 17.0 Å². The number of nitrogens with one attached hydrogen (secondary N) is 1. The molecule has 4 rings (SSSR count). The van der Waals surface area contributed by atoms with E-state index in [4.69, 9.17) is 4.98 Å². The monoisotopic (exact) mass is 312 g/mol. The molecule has 0 radical (unpaired) electrons. The number of carbonyl (C=O) groups excluding carboxylic acids is 1. The van der Waals surface area contributed by atoms with Crippen LogP contribution < -0.4 is 4.90 Å². The predicted octanol–water partition coefficient (Wildman–Crippen LogP) is 2.71. The lowest BCUT2D eigenvalue weighted by molar-refractivity contribution is -0.134. The minimum absolute atomic E-state index is 0.122. The first-order valence-electron chi connectivity index (χ1n) is 8.71. The number of carbonyl (C=O) groups is 1. The Morgan fingerprint density at radius 3 is 2.87 bits per heavy atom. The highest BCUT2D eigenvalue weighted by atomic mass is 16.2. The second kappa shape index (κ2) is 5.87. The van der Waals surface area contributed by atoms with Gasteiger partial charge >= 0.3 is 0 Å². The van der Waals surface area contributed by atoms with Crippen molar-refractivity contribution in [2.24, 2.45) is 5.92 Å². The van der Waals surface area contributed by atoms with E-state index in [0.717, 1.165) is 68.8 Å². The Morgan fingerprint density at radius 1 is 1.22 bits per heavy atom. The first kappa shape index (κ1) is 14.5. The fraction of sp³-hybridized carbons (Fsp3) is 0.556. The molecule has 5 heteroatoms. The molecule has 0 saturated carbocycles. The maximum atomic E-state index is 12.7. The van der Waals surface area contributed by atoms with E-state index in [1.807, 2.05) is 0 Å². The molecular formula is C18H24N4O. The highest BCUT2D eigenvalue weighted by molar-refractivity contribution is 5.81. The van der Waals surface area contributed by atoms with Crippen LogP contribution in [0.5, 0.6) is 0 Å². The number of anilines is 1. The minimum Gasteiger partial charge on any atom is -0.342 e. The van der Waals surface area contributed by atoms with Crippen molar-refractivity contribution in [3.63, 3.8) is 0 Å². The number of imidazole rings is 1. The van der Waals surface area contributed by atoms with Crippen LogP contribution in [0.15, 0.2) is 18.2 Å². The van der Waals surface area contributed by atoms with Crippen LogP contribution in [-0.2, 0) is 4.79 Å². The molecule has 1 amide bonds. The molecule has 1 aromatic heterocycles. The van der Waals surface area contributed by atoms with E-state index in [9.17, 15) is 4.79 Å². The van der Waals surface area contributed by atoms with Gasteiger partial charge in [-0.2, -0.15) is 0 Å². The Bertz CT molecular complexity index is 717. The van der Waals surface area contributed by atoms with Crippen molar-refractivity contribution in [3.8, 4) is 0 Å². The van der Waals surface area contributed by atoms with Gasteiger partial charge in [-0.3, -0.25) is 4.79 Å². The lowest BCUT2D eigenvalue weighted by atomic mass is 9.97. The van der Waals surface area contributed by atoms with Crippen LogP contribution in [-0.4, -0.2) is 47.0 Å². The lowest BCUT2D eigenvalue weighted by Gasteiger charge is -2.33.